The number of rotatable bonds is 4. The zero-order valence-corrected chi connectivity index (χ0v) is 10.3. The highest BCUT2D eigenvalue weighted by Crippen LogP contribution is 2.19. The van der Waals surface area contributed by atoms with Crippen LogP contribution in [0.5, 0.6) is 0 Å². The molecule has 4 atom stereocenters. The lowest BCUT2D eigenvalue weighted by Crippen LogP contribution is -2.48. The van der Waals surface area contributed by atoms with E-state index < -0.39 is 23.9 Å². The molecular weight excluding hydrogens is 222 g/mol. The second kappa shape index (κ2) is 6.00. The van der Waals surface area contributed by atoms with Crippen LogP contribution in [0.15, 0.2) is 0 Å². The van der Waals surface area contributed by atoms with E-state index in [0.717, 1.165) is 19.3 Å². The fourth-order valence-electron chi connectivity index (χ4n) is 2.03. The molecule has 1 aliphatic carbocycles. The minimum Gasteiger partial charge on any atom is -0.481 e. The van der Waals surface area contributed by atoms with Gasteiger partial charge >= 0.3 is 5.97 Å². The Bertz CT molecular complexity index is 292. The second-order valence-electron chi connectivity index (χ2n) is 4.88. The van der Waals surface area contributed by atoms with E-state index in [-0.39, 0.29) is 11.9 Å². The van der Waals surface area contributed by atoms with Crippen LogP contribution in [-0.4, -0.2) is 34.2 Å². The van der Waals surface area contributed by atoms with Crippen molar-refractivity contribution in [1.82, 2.24) is 5.32 Å². The Morgan fingerprint density at radius 1 is 1.18 bits per heavy atom. The van der Waals surface area contributed by atoms with Gasteiger partial charge in [-0.15, -0.1) is 0 Å². The van der Waals surface area contributed by atoms with E-state index in [9.17, 15) is 14.7 Å². The average molecular weight is 243 g/mol. The maximum absolute atomic E-state index is 11.8. The zero-order chi connectivity index (χ0) is 13.0. The lowest BCUT2D eigenvalue weighted by atomic mass is 9.90. The fraction of sp³-hybridized carbons (Fsp3) is 0.833. The molecule has 1 aliphatic rings. The molecule has 0 aromatic rings. The number of carboxylic acids is 1. The summed E-state index contributed by atoms with van der Waals surface area (Å²) >= 11 is 0. The number of carbonyl (C=O) groups is 2. The van der Waals surface area contributed by atoms with E-state index in [0.29, 0.717) is 6.42 Å². The van der Waals surface area contributed by atoms with Crippen molar-refractivity contribution < 1.29 is 19.8 Å². The van der Waals surface area contributed by atoms with Crippen LogP contribution < -0.4 is 5.32 Å². The third-order valence-electron chi connectivity index (χ3n) is 3.61. The van der Waals surface area contributed by atoms with E-state index in [4.69, 9.17) is 5.11 Å². The molecule has 1 fully saturated rings. The predicted molar refractivity (Wildman–Crippen MR) is 62.4 cm³/mol. The standard InChI is InChI=1S/C12H21NO4/c1-7(8(2)12(16)17)11(15)13-9-5-3-4-6-10(9)14/h7-10,14H,3-6H2,1-2H3,(H,13,15)(H,16,17). The maximum atomic E-state index is 11.8. The summed E-state index contributed by atoms with van der Waals surface area (Å²) in [6.45, 7) is 3.12. The average Bonchev–Trinajstić information content (AvgIpc) is 2.30. The van der Waals surface area contributed by atoms with Crippen molar-refractivity contribution >= 4 is 11.9 Å². The molecule has 0 aromatic carbocycles. The van der Waals surface area contributed by atoms with Gasteiger partial charge in [-0.05, 0) is 12.8 Å². The lowest BCUT2D eigenvalue weighted by Gasteiger charge is -2.29. The molecule has 1 amide bonds. The van der Waals surface area contributed by atoms with Crippen LogP contribution in [0.3, 0.4) is 0 Å². The Hall–Kier alpha value is -1.10. The van der Waals surface area contributed by atoms with Crippen molar-refractivity contribution in [2.24, 2.45) is 11.8 Å². The number of carboxylic acid groups (broad SMARTS) is 1. The molecule has 5 nitrogen and oxygen atoms in total. The van der Waals surface area contributed by atoms with E-state index in [1.807, 2.05) is 0 Å². The van der Waals surface area contributed by atoms with E-state index in [1.54, 1.807) is 6.92 Å². The molecule has 0 spiro atoms. The number of aliphatic hydroxyl groups is 1. The molecule has 0 aromatic heterocycles. The molecular formula is C12H21NO4. The number of carbonyl (C=O) groups excluding carboxylic acids is 1. The molecule has 3 N–H and O–H groups in total. The summed E-state index contributed by atoms with van der Waals surface area (Å²) < 4.78 is 0. The quantitative estimate of drug-likeness (QED) is 0.680. The first kappa shape index (κ1) is 14.0. The maximum Gasteiger partial charge on any atom is 0.307 e. The van der Waals surface area contributed by atoms with Crippen LogP contribution in [-0.2, 0) is 9.59 Å². The van der Waals surface area contributed by atoms with Crippen LogP contribution in [0.25, 0.3) is 0 Å². The Kier molecular flexibility index (Phi) is 4.93. The van der Waals surface area contributed by atoms with Crippen LogP contribution in [0.4, 0.5) is 0 Å². The molecule has 0 radical (unpaired) electrons. The Labute approximate surface area is 101 Å². The first-order valence-corrected chi connectivity index (χ1v) is 6.14. The molecule has 98 valence electrons. The number of amides is 1. The fourth-order valence-corrected chi connectivity index (χ4v) is 2.03. The molecule has 17 heavy (non-hydrogen) atoms. The van der Waals surface area contributed by atoms with Gasteiger partial charge in [0.25, 0.3) is 0 Å². The van der Waals surface area contributed by atoms with Crippen LogP contribution in [0, 0.1) is 11.8 Å². The van der Waals surface area contributed by atoms with Crippen molar-refractivity contribution in [1.29, 1.82) is 0 Å². The van der Waals surface area contributed by atoms with Crippen molar-refractivity contribution in [2.45, 2.75) is 51.7 Å². The summed E-state index contributed by atoms with van der Waals surface area (Å²) in [4.78, 5) is 22.6. The van der Waals surface area contributed by atoms with Gasteiger partial charge in [0.1, 0.15) is 0 Å². The van der Waals surface area contributed by atoms with Gasteiger partial charge in [0.05, 0.1) is 18.1 Å². The lowest BCUT2D eigenvalue weighted by molar-refractivity contribution is -0.146. The first-order valence-electron chi connectivity index (χ1n) is 6.14. The van der Waals surface area contributed by atoms with Crippen molar-refractivity contribution in [3.8, 4) is 0 Å². The largest absolute Gasteiger partial charge is 0.481 e. The number of hydrogen-bond acceptors (Lipinski definition) is 3. The smallest absolute Gasteiger partial charge is 0.307 e. The molecule has 0 aliphatic heterocycles. The van der Waals surface area contributed by atoms with Gasteiger partial charge in [0, 0.05) is 5.92 Å². The Morgan fingerprint density at radius 3 is 2.29 bits per heavy atom. The van der Waals surface area contributed by atoms with Crippen LogP contribution >= 0.6 is 0 Å². The first-order chi connectivity index (χ1) is 7.93. The molecule has 0 bridgehead atoms. The third-order valence-corrected chi connectivity index (χ3v) is 3.61. The summed E-state index contributed by atoms with van der Waals surface area (Å²) in [7, 11) is 0. The zero-order valence-electron chi connectivity index (χ0n) is 10.3. The summed E-state index contributed by atoms with van der Waals surface area (Å²) in [5, 5.41) is 21.3. The van der Waals surface area contributed by atoms with Gasteiger partial charge in [-0.3, -0.25) is 9.59 Å². The Balaban J connectivity index is 2.50. The third kappa shape index (κ3) is 3.70. The highest BCUT2D eigenvalue weighted by molar-refractivity contribution is 5.84. The summed E-state index contributed by atoms with van der Waals surface area (Å²) in [5.41, 5.74) is 0. The SMILES string of the molecule is CC(C(=O)O)C(C)C(=O)NC1CCCCC1O. The van der Waals surface area contributed by atoms with E-state index in [1.165, 1.54) is 6.92 Å². The second-order valence-corrected chi connectivity index (χ2v) is 4.88. The molecule has 5 heteroatoms. The molecule has 0 heterocycles. The van der Waals surface area contributed by atoms with Gasteiger partial charge in [0.15, 0.2) is 0 Å². The number of aliphatic carboxylic acids is 1. The van der Waals surface area contributed by atoms with Gasteiger partial charge in [0.2, 0.25) is 5.91 Å². The minimum atomic E-state index is -0.975. The van der Waals surface area contributed by atoms with E-state index in [2.05, 4.69) is 5.32 Å². The highest BCUT2D eigenvalue weighted by atomic mass is 16.4. The molecule has 1 rings (SSSR count). The minimum absolute atomic E-state index is 0.223. The van der Waals surface area contributed by atoms with Gasteiger partial charge in [-0.25, -0.2) is 0 Å². The van der Waals surface area contributed by atoms with Gasteiger partial charge in [-0.1, -0.05) is 26.7 Å². The van der Waals surface area contributed by atoms with Crippen LogP contribution in [0.1, 0.15) is 39.5 Å². The normalized spacial score (nSPS) is 28.2. The summed E-state index contributed by atoms with van der Waals surface area (Å²) in [5.74, 6) is -2.56. The van der Waals surface area contributed by atoms with Gasteiger partial charge < -0.3 is 15.5 Å². The highest BCUT2D eigenvalue weighted by Gasteiger charge is 2.30. The van der Waals surface area contributed by atoms with Crippen molar-refractivity contribution in [2.75, 3.05) is 0 Å². The topological polar surface area (TPSA) is 86.6 Å². The van der Waals surface area contributed by atoms with Crippen molar-refractivity contribution in [3.05, 3.63) is 0 Å². The number of nitrogens with one attached hydrogen (secondary N) is 1. The molecule has 0 saturated heterocycles. The summed E-state index contributed by atoms with van der Waals surface area (Å²) in [6, 6.07) is -0.223. The number of aliphatic hydroxyl groups excluding tert-OH is 1. The Morgan fingerprint density at radius 2 is 1.76 bits per heavy atom. The van der Waals surface area contributed by atoms with Gasteiger partial charge in [-0.2, -0.15) is 0 Å². The van der Waals surface area contributed by atoms with Crippen LogP contribution in [0.2, 0.25) is 0 Å². The van der Waals surface area contributed by atoms with Crippen molar-refractivity contribution in [3.63, 3.8) is 0 Å². The monoisotopic (exact) mass is 243 g/mol. The number of hydrogen-bond donors (Lipinski definition) is 3. The molecule has 4 unspecified atom stereocenters. The summed E-state index contributed by atoms with van der Waals surface area (Å²) in [6.07, 6.45) is 2.94. The molecule has 1 saturated carbocycles. The predicted octanol–water partition coefficient (Wildman–Crippen LogP) is 0.763. The van der Waals surface area contributed by atoms with E-state index >= 15 is 0 Å².